The first-order valence-corrected chi connectivity index (χ1v) is 12.1. The average molecular weight is 545 g/mol. The number of methoxy groups -OCH3 is 1. The van der Waals surface area contributed by atoms with E-state index in [-0.39, 0.29) is 17.4 Å². The lowest BCUT2D eigenvalue weighted by atomic mass is 10.0. The second-order valence-corrected chi connectivity index (χ2v) is 8.97. The number of cyclic esters (lactones) is 1. The molecule has 8 N–H and O–H groups in total. The summed E-state index contributed by atoms with van der Waals surface area (Å²) in [6, 6.07) is 14.2. The first-order valence-electron chi connectivity index (χ1n) is 12.1. The van der Waals surface area contributed by atoms with Crippen LogP contribution >= 0.6 is 0 Å². The lowest BCUT2D eigenvalue weighted by Gasteiger charge is -2.19. The van der Waals surface area contributed by atoms with E-state index in [0.29, 0.717) is 23.0 Å². The summed E-state index contributed by atoms with van der Waals surface area (Å²) in [4.78, 5) is 24.6. The van der Waals surface area contributed by atoms with Crippen molar-refractivity contribution in [2.75, 3.05) is 20.3 Å². The monoisotopic (exact) mass is 544 g/mol. The highest BCUT2D eigenvalue weighted by Gasteiger charge is 2.38. The molecule has 0 saturated heterocycles. The van der Waals surface area contributed by atoms with Crippen LogP contribution in [0, 0.1) is 0 Å². The van der Waals surface area contributed by atoms with E-state index >= 15 is 0 Å². The van der Waals surface area contributed by atoms with Gasteiger partial charge in [-0.1, -0.05) is 18.2 Å². The Bertz CT molecular complexity index is 1370. The molecule has 12 heteroatoms. The number of aliphatic hydroxyl groups excluding tert-OH is 5. The lowest BCUT2D eigenvalue weighted by molar-refractivity contribution is -0.147. The minimum atomic E-state index is -1.42. The molecule has 0 fully saturated rings. The Morgan fingerprint density at radius 3 is 2.31 bits per heavy atom. The summed E-state index contributed by atoms with van der Waals surface area (Å²) in [6.07, 6.45) is -2.72. The van der Waals surface area contributed by atoms with Crippen LogP contribution in [0.15, 0.2) is 64.8 Å². The molecule has 12 nitrogen and oxygen atoms in total. The van der Waals surface area contributed by atoms with Gasteiger partial charge in [0, 0.05) is 24.0 Å². The van der Waals surface area contributed by atoms with Gasteiger partial charge in [-0.3, -0.25) is 4.79 Å². The van der Waals surface area contributed by atoms with E-state index in [9.17, 15) is 19.8 Å². The molecule has 210 valence electrons. The van der Waals surface area contributed by atoms with Crippen LogP contribution in [-0.4, -0.2) is 80.1 Å². The number of aliphatic hydroxyl groups is 5. The summed E-state index contributed by atoms with van der Waals surface area (Å²) in [5, 5.41) is 59.6. The van der Waals surface area contributed by atoms with Crippen molar-refractivity contribution in [3.8, 4) is 11.5 Å². The Kier molecular flexibility index (Phi) is 9.90. The summed E-state index contributed by atoms with van der Waals surface area (Å²) in [5.41, 5.74) is 1.88. The number of esters is 1. The predicted octanol–water partition coefficient (Wildman–Crippen LogP) is 1.09. The van der Waals surface area contributed by atoms with Crippen molar-refractivity contribution >= 4 is 16.9 Å². The number of aromatic nitrogens is 1. The summed E-state index contributed by atoms with van der Waals surface area (Å²) in [5.74, 6) is -1.97. The van der Waals surface area contributed by atoms with Crippen LogP contribution in [0.25, 0.3) is 10.9 Å². The fourth-order valence-electron chi connectivity index (χ4n) is 3.98. The van der Waals surface area contributed by atoms with Crippen molar-refractivity contribution in [3.05, 3.63) is 81.5 Å². The number of phenolic OH excluding ortho intramolecular Hbond substituents is 1. The van der Waals surface area contributed by atoms with Crippen LogP contribution in [0.2, 0.25) is 0 Å². The molecule has 0 spiro atoms. The minimum absolute atomic E-state index is 0.0144. The molecular weight excluding hydrogens is 512 g/mol. The van der Waals surface area contributed by atoms with Crippen LogP contribution in [0.4, 0.5) is 0 Å². The number of nitrogens with one attached hydrogen (secondary N) is 2. The van der Waals surface area contributed by atoms with E-state index in [2.05, 4.69) is 22.0 Å². The first-order chi connectivity index (χ1) is 18.5. The van der Waals surface area contributed by atoms with Gasteiger partial charge in [-0.25, -0.2) is 4.79 Å². The maximum absolute atomic E-state index is 11.5. The van der Waals surface area contributed by atoms with Crippen molar-refractivity contribution in [1.29, 1.82) is 0 Å². The fourth-order valence-corrected chi connectivity index (χ4v) is 3.98. The van der Waals surface area contributed by atoms with Gasteiger partial charge >= 0.3 is 5.97 Å². The smallest absolute Gasteiger partial charge is 0.377 e. The Morgan fingerprint density at radius 2 is 1.72 bits per heavy atom. The molecule has 2 heterocycles. The number of benzene rings is 2. The van der Waals surface area contributed by atoms with Crippen molar-refractivity contribution in [3.63, 3.8) is 0 Å². The molecule has 4 atom stereocenters. The zero-order chi connectivity index (χ0) is 28.7. The topological polar surface area (TPSA) is 202 Å². The van der Waals surface area contributed by atoms with Gasteiger partial charge in [0.2, 0.25) is 11.3 Å². The van der Waals surface area contributed by atoms with Gasteiger partial charge in [0.05, 0.1) is 25.3 Å². The van der Waals surface area contributed by atoms with E-state index in [4.69, 9.17) is 25.2 Å². The molecular formula is C27H32N2O10. The van der Waals surface area contributed by atoms with E-state index in [1.54, 1.807) is 19.2 Å². The maximum Gasteiger partial charge on any atom is 0.377 e. The van der Waals surface area contributed by atoms with Crippen molar-refractivity contribution in [2.24, 2.45) is 0 Å². The molecule has 0 saturated carbocycles. The van der Waals surface area contributed by atoms with Crippen LogP contribution in [0.1, 0.15) is 24.2 Å². The van der Waals surface area contributed by atoms with Crippen LogP contribution in [-0.2, 0) is 16.0 Å². The molecule has 0 bridgehead atoms. The lowest BCUT2D eigenvalue weighted by Crippen LogP contribution is -2.32. The van der Waals surface area contributed by atoms with Crippen LogP contribution in [0.3, 0.4) is 0 Å². The number of aromatic amines is 1. The molecule has 39 heavy (non-hydrogen) atoms. The summed E-state index contributed by atoms with van der Waals surface area (Å²) in [6.45, 7) is 1.75. The molecule has 0 aliphatic carbocycles. The SMILES string of the molecule is COc1ccc(C[C@@H](C)NC[C@H](O)c2ccc(O)c3[nH]c(=O)ccc23)cc1.O=C1O[C@H]([C@@H](O)CO)C(O)=C1O. The van der Waals surface area contributed by atoms with Crippen molar-refractivity contribution < 1.29 is 44.9 Å². The predicted molar refractivity (Wildman–Crippen MR) is 141 cm³/mol. The Hall–Kier alpha value is -4.10. The maximum atomic E-state index is 11.5. The number of carbonyl (C=O) groups excluding carboxylic acids is 1. The van der Waals surface area contributed by atoms with Crippen LogP contribution in [0.5, 0.6) is 11.5 Å². The number of fused-ring (bicyclic) bond motifs is 1. The third-order valence-electron chi connectivity index (χ3n) is 6.10. The Labute approximate surface area is 223 Å². The molecule has 0 amide bonds. The highest BCUT2D eigenvalue weighted by molar-refractivity contribution is 5.89. The number of aromatic hydroxyl groups is 1. The molecule has 0 unspecified atom stereocenters. The molecule has 4 rings (SSSR count). The van der Waals surface area contributed by atoms with E-state index in [1.807, 2.05) is 24.3 Å². The van der Waals surface area contributed by atoms with Gasteiger partial charge in [0.15, 0.2) is 11.9 Å². The fraction of sp³-hybridized carbons (Fsp3) is 0.333. The molecule has 1 aliphatic rings. The van der Waals surface area contributed by atoms with E-state index in [0.717, 1.165) is 12.2 Å². The van der Waals surface area contributed by atoms with E-state index < -0.39 is 42.4 Å². The van der Waals surface area contributed by atoms with Gasteiger partial charge in [0.25, 0.3) is 0 Å². The number of phenols is 1. The molecule has 1 aromatic heterocycles. The second-order valence-electron chi connectivity index (χ2n) is 8.97. The third kappa shape index (κ3) is 7.27. The number of ether oxygens (including phenoxy) is 2. The van der Waals surface area contributed by atoms with Gasteiger partial charge in [-0.2, -0.15) is 0 Å². The largest absolute Gasteiger partial charge is 0.506 e. The molecule has 1 aliphatic heterocycles. The second kappa shape index (κ2) is 13.1. The van der Waals surface area contributed by atoms with E-state index in [1.165, 1.54) is 17.7 Å². The normalized spacial score (nSPS) is 17.3. The Balaban J connectivity index is 0.000000293. The van der Waals surface area contributed by atoms with Crippen molar-refractivity contribution in [2.45, 2.75) is 37.7 Å². The Morgan fingerprint density at radius 1 is 1.03 bits per heavy atom. The van der Waals surface area contributed by atoms with Gasteiger partial charge in [0.1, 0.15) is 17.6 Å². The van der Waals surface area contributed by atoms with Crippen LogP contribution < -0.4 is 15.6 Å². The first kappa shape index (κ1) is 29.5. The summed E-state index contributed by atoms with van der Waals surface area (Å²) < 4.78 is 9.48. The molecule has 3 aromatic rings. The highest BCUT2D eigenvalue weighted by Crippen LogP contribution is 2.28. The third-order valence-corrected chi connectivity index (χ3v) is 6.10. The minimum Gasteiger partial charge on any atom is -0.506 e. The van der Waals surface area contributed by atoms with Gasteiger partial charge in [-0.15, -0.1) is 0 Å². The number of hydrogen-bond acceptors (Lipinski definition) is 11. The summed E-state index contributed by atoms with van der Waals surface area (Å²) >= 11 is 0. The standard InChI is InChI=1S/C21H24N2O4.C6H8O6/c1-13(11-14-3-5-15(27-2)6-4-14)22-12-19(25)16-7-9-18(24)21-17(16)8-10-20(26)23-21;7-1-2(8)5-3(9)4(10)6(11)12-5/h3-10,13,19,22,24-25H,11-12H2,1-2H3,(H,23,26);2,5,7-10H,1H2/t13-,19+;2-,5+/m10/s1. The number of pyridine rings is 1. The number of rotatable bonds is 9. The quantitative estimate of drug-likeness (QED) is 0.179. The van der Waals surface area contributed by atoms with Gasteiger partial charge in [-0.05, 0) is 48.7 Å². The van der Waals surface area contributed by atoms with Crippen molar-refractivity contribution in [1.82, 2.24) is 10.3 Å². The zero-order valence-corrected chi connectivity index (χ0v) is 21.4. The number of hydrogen-bond donors (Lipinski definition) is 8. The van der Waals surface area contributed by atoms with Gasteiger partial charge < -0.3 is 50.4 Å². The number of H-pyrrole nitrogens is 1. The molecule has 2 aromatic carbocycles. The number of carbonyl (C=O) groups is 1. The average Bonchev–Trinajstić information content (AvgIpc) is 3.19. The summed E-state index contributed by atoms with van der Waals surface area (Å²) in [7, 11) is 1.64. The molecule has 0 radical (unpaired) electrons. The zero-order valence-electron chi connectivity index (χ0n) is 21.4. The highest BCUT2D eigenvalue weighted by atomic mass is 16.6.